The Bertz CT molecular complexity index is 816. The zero-order valence-corrected chi connectivity index (χ0v) is 34.5. The summed E-state index contributed by atoms with van der Waals surface area (Å²) in [4.78, 5) is 13.0. The fourth-order valence-corrected chi connectivity index (χ4v) is 7.85. The predicted molar refractivity (Wildman–Crippen MR) is 217 cm³/mol. The lowest BCUT2D eigenvalue weighted by atomic mass is 9.87. The van der Waals surface area contributed by atoms with Crippen molar-refractivity contribution >= 4 is 5.91 Å². The Morgan fingerprint density at radius 2 is 0.887 bits per heavy atom. The van der Waals surface area contributed by atoms with Gasteiger partial charge in [0, 0.05) is 6.42 Å². The van der Waals surface area contributed by atoms with E-state index < -0.39 is 55.4 Å². The lowest BCUT2D eigenvalue weighted by molar-refractivity contribution is -0.253. The average molecular weight is 758 g/mol. The van der Waals surface area contributed by atoms with Crippen molar-refractivity contribution in [2.24, 2.45) is 0 Å². The molecular weight excluding hydrogens is 670 g/mol. The molecule has 1 saturated heterocycles. The van der Waals surface area contributed by atoms with Crippen LogP contribution in [0.4, 0.5) is 0 Å². The van der Waals surface area contributed by atoms with Crippen LogP contribution < -0.4 is 5.32 Å². The molecule has 8 atom stereocenters. The molecule has 1 unspecified atom stereocenters. The first kappa shape index (κ1) is 50.2. The van der Waals surface area contributed by atoms with Gasteiger partial charge in [-0.3, -0.25) is 4.79 Å². The van der Waals surface area contributed by atoms with Crippen molar-refractivity contribution in [1.82, 2.24) is 5.32 Å². The number of hydrogen-bond donors (Lipinski definition) is 7. The topological polar surface area (TPSA) is 160 Å². The second-order valence-electron chi connectivity index (χ2n) is 16.4. The van der Waals surface area contributed by atoms with E-state index in [1.807, 2.05) is 0 Å². The molecule has 0 radical (unpaired) electrons. The molecule has 53 heavy (non-hydrogen) atoms. The second-order valence-corrected chi connectivity index (χ2v) is 16.4. The van der Waals surface area contributed by atoms with Gasteiger partial charge in [0.2, 0.25) is 5.91 Å². The Morgan fingerprint density at radius 3 is 1.26 bits per heavy atom. The van der Waals surface area contributed by atoms with Crippen molar-refractivity contribution in [3.05, 3.63) is 0 Å². The van der Waals surface area contributed by atoms with E-state index in [2.05, 4.69) is 19.2 Å². The number of carbonyl (C=O) groups excluding carboxylic acids is 1. The molecule has 1 fully saturated rings. The highest BCUT2D eigenvalue weighted by atomic mass is 16.6. The van der Waals surface area contributed by atoms with Gasteiger partial charge in [-0.25, -0.2) is 0 Å². The minimum Gasteiger partial charge on any atom is -0.394 e. The van der Waals surface area contributed by atoms with Crippen molar-refractivity contribution in [2.45, 2.75) is 268 Å². The monoisotopic (exact) mass is 758 g/mol. The molecule has 7 N–H and O–H groups in total. The maximum atomic E-state index is 13.0. The number of unbranched alkanes of at least 4 members (excludes halogenated alkanes) is 28. The highest BCUT2D eigenvalue weighted by Crippen LogP contribution is 2.26. The van der Waals surface area contributed by atoms with Gasteiger partial charge in [-0.2, -0.15) is 0 Å². The molecule has 9 nitrogen and oxygen atoms in total. The lowest BCUT2D eigenvalue weighted by Crippen LogP contribution is -2.66. The number of rotatable bonds is 37. The summed E-state index contributed by atoms with van der Waals surface area (Å²) in [5.74, 6) is -0.288. The zero-order valence-electron chi connectivity index (χ0n) is 34.5. The third-order valence-corrected chi connectivity index (χ3v) is 11.5. The first-order valence-corrected chi connectivity index (χ1v) is 22.7. The van der Waals surface area contributed by atoms with Gasteiger partial charge in [-0.05, 0) is 12.8 Å². The van der Waals surface area contributed by atoms with Crippen LogP contribution in [-0.4, -0.2) is 91.9 Å². The van der Waals surface area contributed by atoms with Crippen LogP contribution in [0.15, 0.2) is 0 Å². The van der Waals surface area contributed by atoms with Gasteiger partial charge in [0.1, 0.15) is 36.6 Å². The van der Waals surface area contributed by atoms with Gasteiger partial charge in [0.05, 0.1) is 18.8 Å². The van der Waals surface area contributed by atoms with Crippen molar-refractivity contribution in [3.63, 3.8) is 0 Å². The summed E-state index contributed by atoms with van der Waals surface area (Å²) in [6, 6.07) is -1.13. The first-order valence-electron chi connectivity index (χ1n) is 22.7. The van der Waals surface area contributed by atoms with Gasteiger partial charge in [-0.15, -0.1) is 0 Å². The molecule has 1 rings (SSSR count). The van der Waals surface area contributed by atoms with Gasteiger partial charge < -0.3 is 40.7 Å². The molecule has 0 aliphatic carbocycles. The molecule has 1 heterocycles. The fourth-order valence-electron chi connectivity index (χ4n) is 7.85. The van der Waals surface area contributed by atoms with Crippen LogP contribution in [0.1, 0.15) is 219 Å². The van der Waals surface area contributed by atoms with Crippen molar-refractivity contribution < 1.29 is 40.2 Å². The van der Waals surface area contributed by atoms with Crippen molar-refractivity contribution in [1.29, 1.82) is 0 Å². The molecule has 1 amide bonds. The van der Waals surface area contributed by atoms with E-state index in [-0.39, 0.29) is 12.3 Å². The van der Waals surface area contributed by atoms with Crippen LogP contribution in [0.3, 0.4) is 0 Å². The van der Waals surface area contributed by atoms with Crippen molar-refractivity contribution in [2.75, 3.05) is 6.61 Å². The predicted octanol–water partition coefficient (Wildman–Crippen LogP) is 8.56. The molecule has 9 heteroatoms. The highest BCUT2D eigenvalue weighted by molar-refractivity contribution is 5.76. The van der Waals surface area contributed by atoms with E-state index in [9.17, 15) is 35.4 Å². The zero-order chi connectivity index (χ0) is 38.9. The number of nitrogens with one attached hydrogen (secondary N) is 1. The Morgan fingerprint density at radius 1 is 0.528 bits per heavy atom. The van der Waals surface area contributed by atoms with E-state index in [0.717, 1.165) is 44.9 Å². The minimum atomic E-state index is -1.66. The maximum Gasteiger partial charge on any atom is 0.220 e. The van der Waals surface area contributed by atoms with E-state index >= 15 is 0 Å². The molecule has 0 aromatic heterocycles. The minimum absolute atomic E-state index is 0.266. The Kier molecular flexibility index (Phi) is 32.6. The van der Waals surface area contributed by atoms with E-state index in [4.69, 9.17) is 4.74 Å². The fraction of sp³-hybridized carbons (Fsp3) is 0.977. The molecule has 0 aromatic rings. The SMILES string of the molecule is CCCCCCCCCCCCCCCCCCCC(=O)N[C@@H](C(O)[C@@H]1O[C@H](CO)[C@H](O)[C@H](O)[C@H]1O)[C@H](O)CCCCCCCCCCCCCCC. The summed E-state index contributed by atoms with van der Waals surface area (Å²) in [6.07, 6.45) is 27.5. The Balaban J connectivity index is 2.39. The third-order valence-electron chi connectivity index (χ3n) is 11.5. The molecule has 1 aliphatic rings. The van der Waals surface area contributed by atoms with E-state index in [1.165, 1.54) is 141 Å². The summed E-state index contributed by atoms with van der Waals surface area (Å²) < 4.78 is 5.60. The highest BCUT2D eigenvalue weighted by Gasteiger charge is 2.48. The van der Waals surface area contributed by atoms with Gasteiger partial charge in [0.25, 0.3) is 0 Å². The largest absolute Gasteiger partial charge is 0.394 e. The number of carbonyl (C=O) groups is 1. The number of aliphatic hydroxyl groups excluding tert-OH is 6. The summed E-state index contributed by atoms with van der Waals surface area (Å²) in [5.41, 5.74) is 0. The summed E-state index contributed by atoms with van der Waals surface area (Å²) in [6.45, 7) is 3.89. The molecule has 0 aromatic carbocycles. The molecular formula is C44H87NO8. The summed E-state index contributed by atoms with van der Waals surface area (Å²) >= 11 is 0. The number of aliphatic hydroxyl groups is 6. The lowest BCUT2D eigenvalue weighted by Gasteiger charge is -2.44. The molecule has 0 saturated carbocycles. The van der Waals surface area contributed by atoms with Crippen LogP contribution in [0.2, 0.25) is 0 Å². The average Bonchev–Trinajstić information content (AvgIpc) is 3.15. The van der Waals surface area contributed by atoms with Gasteiger partial charge in [0.15, 0.2) is 0 Å². The normalized spacial score (nSPS) is 22.2. The van der Waals surface area contributed by atoms with Crippen LogP contribution in [-0.2, 0) is 9.53 Å². The van der Waals surface area contributed by atoms with E-state index in [1.54, 1.807) is 0 Å². The molecule has 1 aliphatic heterocycles. The Labute approximate surface area is 325 Å². The summed E-state index contributed by atoms with van der Waals surface area (Å²) in [5, 5.41) is 66.2. The second kappa shape index (κ2) is 34.4. The first-order chi connectivity index (χ1) is 25.8. The molecule has 0 spiro atoms. The number of hydrogen-bond acceptors (Lipinski definition) is 8. The molecule has 0 bridgehead atoms. The van der Waals surface area contributed by atoms with Crippen molar-refractivity contribution in [3.8, 4) is 0 Å². The van der Waals surface area contributed by atoms with Gasteiger partial charge in [-0.1, -0.05) is 200 Å². The van der Waals surface area contributed by atoms with E-state index in [0.29, 0.717) is 12.8 Å². The number of amides is 1. The van der Waals surface area contributed by atoms with Crippen LogP contribution in [0, 0.1) is 0 Å². The smallest absolute Gasteiger partial charge is 0.220 e. The Hall–Kier alpha value is -0.810. The van der Waals surface area contributed by atoms with Crippen LogP contribution >= 0.6 is 0 Å². The quantitative estimate of drug-likeness (QED) is 0.0311. The van der Waals surface area contributed by atoms with Crippen LogP contribution in [0.5, 0.6) is 0 Å². The third kappa shape index (κ3) is 24.4. The molecule has 316 valence electrons. The maximum absolute atomic E-state index is 13.0. The standard InChI is InChI=1S/C44H87NO8/c1-3-5-7-9-11-13-15-17-18-19-20-22-24-26-28-30-32-34-38(48)45-39(41(50)44-43(52)42(51)40(49)37(35-46)53-44)36(47)33-31-29-27-25-23-21-16-14-12-10-8-6-4-2/h36-37,39-44,46-47,49-52H,3-35H2,1-2H3,(H,45,48)/t36-,37-,39-,40+,41?,42+,43-,44+/m1/s1. The number of ether oxygens (including phenoxy) is 1. The summed E-state index contributed by atoms with van der Waals surface area (Å²) in [7, 11) is 0. The van der Waals surface area contributed by atoms with Gasteiger partial charge >= 0.3 is 0 Å². The van der Waals surface area contributed by atoms with Crippen LogP contribution in [0.25, 0.3) is 0 Å².